The van der Waals surface area contributed by atoms with Crippen molar-refractivity contribution in [3.63, 3.8) is 0 Å². The predicted molar refractivity (Wildman–Crippen MR) is 117 cm³/mol. The molecule has 174 valence electrons. The first-order chi connectivity index (χ1) is 15.0. The van der Waals surface area contributed by atoms with E-state index in [2.05, 4.69) is 14.8 Å². The number of aryl methyl sites for hydroxylation is 1. The third-order valence-corrected chi connectivity index (χ3v) is 6.99. The monoisotopic (exact) mass is 463 g/mol. The smallest absolute Gasteiger partial charge is 0.293 e. The van der Waals surface area contributed by atoms with E-state index in [0.29, 0.717) is 38.2 Å². The van der Waals surface area contributed by atoms with Gasteiger partial charge in [-0.2, -0.15) is 0 Å². The van der Waals surface area contributed by atoms with Gasteiger partial charge in [-0.3, -0.25) is 4.79 Å². The van der Waals surface area contributed by atoms with Crippen LogP contribution in [0, 0.1) is 6.92 Å². The Balaban J connectivity index is 1.44. The molecule has 4 rings (SSSR count). The maximum absolute atomic E-state index is 13.0. The lowest BCUT2D eigenvalue weighted by Crippen LogP contribution is -2.64. The molecule has 11 heteroatoms. The van der Waals surface area contributed by atoms with Gasteiger partial charge in [-0.1, -0.05) is 18.2 Å². The number of carbonyl (C=O) groups is 1. The highest BCUT2D eigenvalue weighted by Gasteiger charge is 2.49. The van der Waals surface area contributed by atoms with E-state index in [1.165, 1.54) is 0 Å². The van der Waals surface area contributed by atoms with Crippen molar-refractivity contribution in [2.45, 2.75) is 50.4 Å². The second kappa shape index (κ2) is 8.22. The number of aromatic nitrogens is 3. The van der Waals surface area contributed by atoms with Crippen molar-refractivity contribution in [3.05, 3.63) is 42.0 Å². The minimum Gasteiger partial charge on any atom is -0.386 e. The molecule has 2 fully saturated rings. The van der Waals surface area contributed by atoms with E-state index in [1.807, 2.05) is 30.3 Å². The van der Waals surface area contributed by atoms with E-state index in [0.717, 1.165) is 11.9 Å². The maximum atomic E-state index is 13.0. The van der Waals surface area contributed by atoms with Gasteiger partial charge in [0, 0.05) is 13.1 Å². The highest BCUT2D eigenvalue weighted by Crippen LogP contribution is 2.38. The van der Waals surface area contributed by atoms with Gasteiger partial charge < -0.3 is 14.7 Å². The van der Waals surface area contributed by atoms with Crippen LogP contribution in [-0.4, -0.2) is 82.3 Å². The van der Waals surface area contributed by atoms with Gasteiger partial charge in [0.2, 0.25) is 15.8 Å². The summed E-state index contributed by atoms with van der Waals surface area (Å²) in [7, 11) is -3.48. The van der Waals surface area contributed by atoms with E-state index in [-0.39, 0.29) is 18.3 Å². The van der Waals surface area contributed by atoms with Crippen molar-refractivity contribution in [3.8, 4) is 5.69 Å². The highest BCUT2D eigenvalue weighted by atomic mass is 32.2. The number of hydrogen-bond donors (Lipinski definition) is 2. The van der Waals surface area contributed by atoms with Crippen LogP contribution in [0.25, 0.3) is 5.69 Å². The Morgan fingerprint density at radius 1 is 1.25 bits per heavy atom. The van der Waals surface area contributed by atoms with Gasteiger partial charge >= 0.3 is 0 Å². The molecule has 0 unspecified atom stereocenters. The number of piperidine rings is 1. The number of nitrogens with one attached hydrogen (secondary N) is 1. The second-order valence-electron chi connectivity index (χ2n) is 9.00. The molecule has 0 saturated carbocycles. The van der Waals surface area contributed by atoms with Crippen LogP contribution in [0.1, 0.15) is 42.6 Å². The van der Waals surface area contributed by atoms with Gasteiger partial charge in [-0.05, 0) is 45.2 Å². The molecule has 1 aromatic carbocycles. The van der Waals surface area contributed by atoms with Crippen LogP contribution in [0.4, 0.5) is 0 Å². The van der Waals surface area contributed by atoms with Gasteiger partial charge in [0.25, 0.3) is 5.91 Å². The Morgan fingerprint density at radius 3 is 2.53 bits per heavy atom. The molecule has 2 saturated heterocycles. The summed E-state index contributed by atoms with van der Waals surface area (Å²) in [5, 5.41) is 15.0. The molecule has 0 aliphatic carbocycles. The first-order valence-electron chi connectivity index (χ1n) is 10.6. The number of rotatable bonds is 4. The molecular formula is C21H29N5O5S. The van der Waals surface area contributed by atoms with Gasteiger partial charge in [0.1, 0.15) is 11.4 Å². The number of carbonyl (C=O) groups excluding carboxylic acids is 1. The summed E-state index contributed by atoms with van der Waals surface area (Å²) in [5.74, 6) is 0.526. The number of sulfonamides is 1. The summed E-state index contributed by atoms with van der Waals surface area (Å²) in [6.07, 6.45) is 2.50. The summed E-state index contributed by atoms with van der Waals surface area (Å²) < 4.78 is 33.7. The standard InChI is InChI=1S/C21H29N5O5S/c1-15-22-18(23-26(15)16-7-5-4-6-8-16)19(27)25-11-9-21(10-12-25)13-17(24-32(3,29)30)20(2,28)14-31-21/h4-8,17,24,28H,9-14H2,1-3H3/t17-,20-/m0/s1. The van der Waals surface area contributed by atoms with E-state index >= 15 is 0 Å². The van der Waals surface area contributed by atoms with Crippen molar-refractivity contribution in [2.24, 2.45) is 0 Å². The predicted octanol–water partition coefficient (Wildman–Crippen LogP) is 0.640. The molecule has 2 N–H and O–H groups in total. The molecular weight excluding hydrogens is 434 g/mol. The summed E-state index contributed by atoms with van der Waals surface area (Å²) in [5.41, 5.74) is -1.05. The van der Waals surface area contributed by atoms with Crippen molar-refractivity contribution < 1.29 is 23.1 Å². The Morgan fingerprint density at radius 2 is 1.91 bits per heavy atom. The lowest BCUT2D eigenvalue weighted by Gasteiger charge is -2.50. The van der Waals surface area contributed by atoms with Gasteiger partial charge in [-0.25, -0.2) is 22.8 Å². The van der Waals surface area contributed by atoms with E-state index in [1.54, 1.807) is 23.4 Å². The SMILES string of the molecule is Cc1nc(C(=O)N2CCC3(CC2)C[C@H](NS(C)(=O)=O)[C@@](C)(O)CO3)nn1-c1ccccc1. The van der Waals surface area contributed by atoms with Crippen LogP contribution in [0.3, 0.4) is 0 Å². The second-order valence-corrected chi connectivity index (χ2v) is 10.8. The molecule has 0 bridgehead atoms. The van der Waals surface area contributed by atoms with Crippen LogP contribution >= 0.6 is 0 Å². The maximum Gasteiger partial charge on any atom is 0.293 e. The molecule has 1 aromatic heterocycles. The Bertz CT molecular complexity index is 1090. The van der Waals surface area contributed by atoms with Gasteiger partial charge in [0.15, 0.2) is 0 Å². The number of benzene rings is 1. The van der Waals surface area contributed by atoms with Gasteiger partial charge in [-0.15, -0.1) is 5.10 Å². The lowest BCUT2D eigenvalue weighted by molar-refractivity contribution is -0.187. The van der Waals surface area contributed by atoms with Crippen LogP contribution in [-0.2, 0) is 14.8 Å². The normalized spacial score (nSPS) is 25.8. The fraction of sp³-hybridized carbons (Fsp3) is 0.571. The number of ether oxygens (including phenoxy) is 1. The Hall–Kier alpha value is -2.34. The molecule has 2 aliphatic rings. The molecule has 2 aromatic rings. The summed E-state index contributed by atoms with van der Waals surface area (Å²) in [4.78, 5) is 19.1. The zero-order valence-corrected chi connectivity index (χ0v) is 19.3. The molecule has 32 heavy (non-hydrogen) atoms. The quantitative estimate of drug-likeness (QED) is 0.681. The van der Waals surface area contributed by atoms with Crippen molar-refractivity contribution in [1.82, 2.24) is 24.4 Å². The van der Waals surface area contributed by atoms with Crippen molar-refractivity contribution in [2.75, 3.05) is 26.0 Å². The number of likely N-dealkylation sites (tertiary alicyclic amines) is 1. The lowest BCUT2D eigenvalue weighted by atomic mass is 9.78. The van der Waals surface area contributed by atoms with Crippen LogP contribution in [0.2, 0.25) is 0 Å². The van der Waals surface area contributed by atoms with E-state index < -0.39 is 27.3 Å². The molecule has 1 spiro atoms. The number of para-hydroxylation sites is 1. The van der Waals surface area contributed by atoms with Gasteiger partial charge in [0.05, 0.1) is 30.2 Å². The fourth-order valence-corrected chi connectivity index (χ4v) is 5.23. The first kappa shape index (κ1) is 22.8. The largest absolute Gasteiger partial charge is 0.386 e. The summed E-state index contributed by atoms with van der Waals surface area (Å²) in [6.45, 7) is 4.27. The minimum atomic E-state index is -3.48. The average Bonchev–Trinajstić information content (AvgIpc) is 3.13. The molecule has 1 amide bonds. The zero-order chi connectivity index (χ0) is 23.1. The van der Waals surface area contributed by atoms with E-state index in [4.69, 9.17) is 4.74 Å². The minimum absolute atomic E-state index is 0.0242. The topological polar surface area (TPSA) is 127 Å². The Kier molecular flexibility index (Phi) is 5.86. The summed E-state index contributed by atoms with van der Waals surface area (Å²) >= 11 is 0. The fourth-order valence-electron chi connectivity index (χ4n) is 4.38. The molecule has 3 heterocycles. The number of hydrogen-bond acceptors (Lipinski definition) is 7. The number of aliphatic hydroxyl groups is 1. The highest BCUT2D eigenvalue weighted by molar-refractivity contribution is 7.88. The first-order valence-corrected chi connectivity index (χ1v) is 12.5. The van der Waals surface area contributed by atoms with Crippen LogP contribution < -0.4 is 4.72 Å². The molecule has 0 radical (unpaired) electrons. The van der Waals surface area contributed by atoms with Crippen molar-refractivity contribution >= 4 is 15.9 Å². The molecule has 10 nitrogen and oxygen atoms in total. The number of nitrogens with zero attached hydrogens (tertiary/aromatic N) is 4. The van der Waals surface area contributed by atoms with Crippen LogP contribution in [0.15, 0.2) is 30.3 Å². The molecule has 2 atom stereocenters. The van der Waals surface area contributed by atoms with E-state index in [9.17, 15) is 18.3 Å². The average molecular weight is 464 g/mol. The third-order valence-electron chi connectivity index (χ3n) is 6.28. The zero-order valence-electron chi connectivity index (χ0n) is 18.5. The Labute approximate surface area is 187 Å². The number of amides is 1. The van der Waals surface area contributed by atoms with Crippen LogP contribution in [0.5, 0.6) is 0 Å². The third kappa shape index (κ3) is 4.70. The van der Waals surface area contributed by atoms with Crippen molar-refractivity contribution in [1.29, 1.82) is 0 Å². The molecule has 2 aliphatic heterocycles. The summed E-state index contributed by atoms with van der Waals surface area (Å²) in [6, 6.07) is 8.85.